The van der Waals surface area contributed by atoms with Crippen molar-refractivity contribution in [2.75, 3.05) is 0 Å². The lowest BCUT2D eigenvalue weighted by atomic mass is 10.3. The number of hydrogen-bond acceptors (Lipinski definition) is 6. The van der Waals surface area contributed by atoms with Crippen molar-refractivity contribution in [3.05, 3.63) is 56.6 Å². The van der Waals surface area contributed by atoms with Gasteiger partial charge in [0, 0.05) is 12.1 Å². The molecule has 2 aromatic rings. The number of hydrogen-bond donors (Lipinski definition) is 2. The Bertz CT molecular complexity index is 645. The molecule has 92 valence electrons. The highest BCUT2D eigenvalue weighted by Crippen LogP contribution is 2.09. The fraction of sp³-hybridized carbons (Fsp3) is 0. The van der Waals surface area contributed by atoms with Gasteiger partial charge in [-0.3, -0.25) is 9.59 Å². The summed E-state index contributed by atoms with van der Waals surface area (Å²) >= 11 is 0. The van der Waals surface area contributed by atoms with Crippen LogP contribution in [-0.4, -0.2) is 10.2 Å². The highest BCUT2D eigenvalue weighted by molar-refractivity contribution is 5.64. The summed E-state index contributed by atoms with van der Waals surface area (Å²) in [4.78, 5) is 22.2. The van der Waals surface area contributed by atoms with Gasteiger partial charge in [-0.2, -0.15) is 0 Å². The molecule has 0 aromatic carbocycles. The molecule has 2 N–H and O–H groups in total. The zero-order chi connectivity index (χ0) is 13.1. The van der Waals surface area contributed by atoms with E-state index in [9.17, 15) is 9.59 Å². The second-order valence-corrected chi connectivity index (χ2v) is 3.40. The predicted octanol–water partition coefficient (Wildman–Crippen LogP) is 1.17. The summed E-state index contributed by atoms with van der Waals surface area (Å²) in [5.41, 5.74) is -1.15. The molecular weight excluding hydrogens is 240 g/mol. The van der Waals surface area contributed by atoms with Crippen molar-refractivity contribution in [3.8, 4) is 11.5 Å². The molecule has 0 unspecified atom stereocenters. The van der Waals surface area contributed by atoms with Crippen LogP contribution in [0.25, 0.3) is 12.2 Å². The molecule has 6 nitrogen and oxygen atoms in total. The van der Waals surface area contributed by atoms with Crippen LogP contribution in [0.2, 0.25) is 0 Å². The smallest absolute Gasteiger partial charge is 0.227 e. The van der Waals surface area contributed by atoms with Crippen LogP contribution in [0.1, 0.15) is 11.5 Å². The van der Waals surface area contributed by atoms with Gasteiger partial charge in [0.15, 0.2) is 11.5 Å². The molecule has 0 aliphatic rings. The van der Waals surface area contributed by atoms with Crippen molar-refractivity contribution in [3.63, 3.8) is 0 Å². The summed E-state index contributed by atoms with van der Waals surface area (Å²) in [6.45, 7) is 0. The molecule has 0 saturated heterocycles. The van der Waals surface area contributed by atoms with E-state index in [1.54, 1.807) is 0 Å². The van der Waals surface area contributed by atoms with Crippen LogP contribution in [0, 0.1) is 0 Å². The summed E-state index contributed by atoms with van der Waals surface area (Å²) in [6, 6.07) is 2.18. The third-order valence-electron chi connectivity index (χ3n) is 2.08. The van der Waals surface area contributed by atoms with Gasteiger partial charge in [-0.25, -0.2) is 0 Å². The van der Waals surface area contributed by atoms with Crippen LogP contribution in [0.5, 0.6) is 11.5 Å². The van der Waals surface area contributed by atoms with Crippen molar-refractivity contribution in [2.45, 2.75) is 0 Å². The minimum Gasteiger partial charge on any atom is -0.502 e. The average Bonchev–Trinajstić information content (AvgIpc) is 2.35. The van der Waals surface area contributed by atoms with E-state index in [2.05, 4.69) is 0 Å². The van der Waals surface area contributed by atoms with Crippen LogP contribution in [0.3, 0.4) is 0 Å². The van der Waals surface area contributed by atoms with E-state index in [1.807, 2.05) is 0 Å². The molecule has 2 rings (SSSR count). The van der Waals surface area contributed by atoms with Gasteiger partial charge < -0.3 is 19.0 Å². The summed E-state index contributed by atoms with van der Waals surface area (Å²) in [7, 11) is 0. The van der Waals surface area contributed by atoms with E-state index in [1.165, 1.54) is 12.2 Å². The first-order valence-electron chi connectivity index (χ1n) is 4.88. The van der Waals surface area contributed by atoms with Crippen molar-refractivity contribution in [2.24, 2.45) is 0 Å². The zero-order valence-corrected chi connectivity index (χ0v) is 8.99. The molecule has 0 saturated carbocycles. The lowest BCUT2D eigenvalue weighted by molar-refractivity contribution is 0.425. The molecule has 2 aromatic heterocycles. The van der Waals surface area contributed by atoms with Crippen LogP contribution in [-0.2, 0) is 0 Å². The predicted molar refractivity (Wildman–Crippen MR) is 62.2 cm³/mol. The van der Waals surface area contributed by atoms with Gasteiger partial charge in [-0.05, 0) is 12.2 Å². The van der Waals surface area contributed by atoms with E-state index >= 15 is 0 Å². The molecule has 0 radical (unpaired) electrons. The van der Waals surface area contributed by atoms with Crippen molar-refractivity contribution < 1.29 is 19.0 Å². The first kappa shape index (κ1) is 11.7. The van der Waals surface area contributed by atoms with Crippen LogP contribution in [0.4, 0.5) is 0 Å². The van der Waals surface area contributed by atoms with Gasteiger partial charge in [0.05, 0.1) is 0 Å². The maximum atomic E-state index is 11.1. The molecule has 18 heavy (non-hydrogen) atoms. The molecule has 6 heteroatoms. The number of rotatable bonds is 2. The van der Waals surface area contributed by atoms with Gasteiger partial charge in [0.2, 0.25) is 10.9 Å². The fourth-order valence-electron chi connectivity index (χ4n) is 1.18. The molecule has 0 amide bonds. The van der Waals surface area contributed by atoms with Crippen LogP contribution in [0.15, 0.2) is 43.1 Å². The second kappa shape index (κ2) is 4.62. The zero-order valence-electron chi connectivity index (χ0n) is 8.99. The first-order valence-corrected chi connectivity index (χ1v) is 4.88. The lowest BCUT2D eigenvalue weighted by Crippen LogP contribution is -1.98. The molecule has 0 aliphatic carbocycles. The Morgan fingerprint density at radius 2 is 1.22 bits per heavy atom. The second-order valence-electron chi connectivity index (χ2n) is 3.40. The quantitative estimate of drug-likeness (QED) is 0.827. The maximum Gasteiger partial charge on any atom is 0.227 e. The van der Waals surface area contributed by atoms with Gasteiger partial charge >= 0.3 is 0 Å². The van der Waals surface area contributed by atoms with Gasteiger partial charge in [0.25, 0.3) is 0 Å². The average molecular weight is 248 g/mol. The molecule has 0 fully saturated rings. The summed E-state index contributed by atoms with van der Waals surface area (Å²) in [6.07, 6.45) is 4.59. The normalized spacial score (nSPS) is 10.9. The van der Waals surface area contributed by atoms with Crippen LogP contribution < -0.4 is 10.9 Å². The largest absolute Gasteiger partial charge is 0.502 e. The van der Waals surface area contributed by atoms with E-state index in [0.717, 1.165) is 24.7 Å². The Hall–Kier alpha value is -2.76. The monoisotopic (exact) mass is 248 g/mol. The SMILES string of the molecule is O=c1cc(/C=C/c2cc(=O)c(O)co2)occ1O. The van der Waals surface area contributed by atoms with Gasteiger partial charge in [0.1, 0.15) is 24.0 Å². The minimum atomic E-state index is -0.576. The highest BCUT2D eigenvalue weighted by Gasteiger charge is 2.00. The standard InChI is InChI=1S/C12H8O6/c13-9-3-7(17-5-11(9)15)1-2-8-4-10(14)12(16)6-18-8/h1-6,15-16H/b2-1+. The molecular formula is C12H8O6. The van der Waals surface area contributed by atoms with Crippen molar-refractivity contribution in [1.82, 2.24) is 0 Å². The van der Waals surface area contributed by atoms with E-state index < -0.39 is 22.4 Å². The third kappa shape index (κ3) is 2.49. The summed E-state index contributed by atoms with van der Waals surface area (Å²) < 4.78 is 9.82. The van der Waals surface area contributed by atoms with E-state index in [4.69, 9.17) is 19.0 Å². The van der Waals surface area contributed by atoms with Gasteiger partial charge in [-0.15, -0.1) is 0 Å². The molecule has 0 bridgehead atoms. The van der Waals surface area contributed by atoms with Gasteiger partial charge in [-0.1, -0.05) is 0 Å². The van der Waals surface area contributed by atoms with Crippen LogP contribution >= 0.6 is 0 Å². The topological polar surface area (TPSA) is 101 Å². The highest BCUT2D eigenvalue weighted by atomic mass is 16.4. The van der Waals surface area contributed by atoms with E-state index in [0.29, 0.717) is 0 Å². The molecule has 0 spiro atoms. The summed E-state index contributed by atoms with van der Waals surface area (Å²) in [5, 5.41) is 18.0. The number of aromatic hydroxyl groups is 2. The molecule has 2 heterocycles. The Balaban J connectivity index is 2.30. The maximum absolute atomic E-state index is 11.1. The Morgan fingerprint density at radius 3 is 1.56 bits per heavy atom. The Labute approximate surface area is 100 Å². The summed E-state index contributed by atoms with van der Waals surface area (Å²) in [5.74, 6) is -0.589. The fourth-order valence-corrected chi connectivity index (χ4v) is 1.18. The first-order chi connectivity index (χ1) is 8.56. The minimum absolute atomic E-state index is 0.188. The van der Waals surface area contributed by atoms with E-state index in [-0.39, 0.29) is 11.5 Å². The Kier molecular flexibility index (Phi) is 3.01. The van der Waals surface area contributed by atoms with Crippen molar-refractivity contribution >= 4 is 12.2 Å². The lowest BCUT2D eigenvalue weighted by Gasteiger charge is -1.94. The third-order valence-corrected chi connectivity index (χ3v) is 2.08. The molecule has 0 atom stereocenters. The molecule has 0 aliphatic heterocycles. The van der Waals surface area contributed by atoms with Crippen molar-refractivity contribution in [1.29, 1.82) is 0 Å². The Morgan fingerprint density at radius 1 is 0.833 bits per heavy atom.